The molecule has 5 nitrogen and oxygen atoms in total. The molecule has 2 aromatic rings. The summed E-state index contributed by atoms with van der Waals surface area (Å²) in [5, 5.41) is 4.47. The minimum atomic E-state index is -1.30. The first-order chi connectivity index (χ1) is 14.1. The number of hydrogen-bond acceptors (Lipinski definition) is 4. The van der Waals surface area contributed by atoms with E-state index >= 15 is 0 Å². The molecule has 0 bridgehead atoms. The van der Waals surface area contributed by atoms with Crippen LogP contribution in [-0.2, 0) is 26.6 Å². The van der Waals surface area contributed by atoms with Crippen molar-refractivity contribution in [2.24, 2.45) is 5.92 Å². The Kier molecular flexibility index (Phi) is 4.95. The Hall–Kier alpha value is -1.79. The highest BCUT2D eigenvalue weighted by Crippen LogP contribution is 2.47. The van der Waals surface area contributed by atoms with Gasteiger partial charge >= 0.3 is 0 Å². The van der Waals surface area contributed by atoms with Gasteiger partial charge < -0.3 is 19.7 Å². The van der Waals surface area contributed by atoms with Crippen LogP contribution >= 0.6 is 23.2 Å². The van der Waals surface area contributed by atoms with Crippen LogP contribution in [0, 0.1) is 5.92 Å². The molecule has 1 amide bonds. The van der Waals surface area contributed by atoms with Gasteiger partial charge in [0.25, 0.3) is 11.7 Å². The van der Waals surface area contributed by atoms with Crippen LogP contribution in [0.25, 0.3) is 0 Å². The van der Waals surface area contributed by atoms with Gasteiger partial charge in [-0.1, -0.05) is 29.3 Å². The van der Waals surface area contributed by atoms with E-state index in [1.165, 1.54) is 12.8 Å². The van der Waals surface area contributed by atoms with Gasteiger partial charge in [-0.15, -0.1) is 0 Å². The highest BCUT2D eigenvalue weighted by Gasteiger charge is 2.55. The second-order valence-electron chi connectivity index (χ2n) is 7.86. The van der Waals surface area contributed by atoms with Crippen LogP contribution in [0.4, 0.5) is 11.4 Å². The van der Waals surface area contributed by atoms with Crippen molar-refractivity contribution in [3.05, 3.63) is 57.6 Å². The maximum Gasteiger partial charge on any atom is 0.292 e. The molecule has 0 atom stereocenters. The molecule has 2 fully saturated rings. The van der Waals surface area contributed by atoms with Gasteiger partial charge in [0.15, 0.2) is 0 Å². The minimum absolute atomic E-state index is 0.0965. The number of nitrogens with one attached hydrogen (secondary N) is 1. The normalized spacial score (nSPS) is 20.2. The fourth-order valence-electron chi connectivity index (χ4n) is 3.95. The van der Waals surface area contributed by atoms with Crippen molar-refractivity contribution in [1.29, 1.82) is 0 Å². The van der Waals surface area contributed by atoms with Crippen LogP contribution in [0.2, 0.25) is 10.0 Å². The van der Waals surface area contributed by atoms with Gasteiger partial charge in [0, 0.05) is 24.3 Å². The summed E-state index contributed by atoms with van der Waals surface area (Å²) in [5.41, 5.74) is 3.60. The molecule has 0 unspecified atom stereocenters. The Balaban J connectivity index is 1.43. The van der Waals surface area contributed by atoms with E-state index in [0.717, 1.165) is 35.5 Å². The summed E-state index contributed by atoms with van der Waals surface area (Å²) in [6, 6.07) is 11.5. The lowest BCUT2D eigenvalue weighted by Gasteiger charge is -2.32. The number of carbonyl (C=O) groups is 1. The molecule has 5 rings (SSSR count). The lowest BCUT2D eigenvalue weighted by atomic mass is 10.0. The molecule has 1 spiro atoms. The lowest BCUT2D eigenvalue weighted by molar-refractivity contribution is -0.256. The third-order valence-electron chi connectivity index (χ3n) is 5.69. The summed E-state index contributed by atoms with van der Waals surface area (Å²) >= 11 is 12.1. The van der Waals surface area contributed by atoms with E-state index in [0.29, 0.717) is 35.7 Å². The number of fused-ring (bicyclic) bond motifs is 2. The number of carbonyl (C=O) groups excluding carboxylic acids is 1. The number of amides is 1. The number of rotatable bonds is 5. The average Bonchev–Trinajstić information content (AvgIpc) is 3.54. The zero-order chi connectivity index (χ0) is 20.0. The average molecular weight is 433 g/mol. The largest absolute Gasteiger partial charge is 0.381 e. The molecule has 0 aromatic heterocycles. The molecule has 1 aliphatic carbocycles. The van der Waals surface area contributed by atoms with Gasteiger partial charge in [-0.25, -0.2) is 0 Å². The van der Waals surface area contributed by atoms with E-state index in [9.17, 15) is 4.79 Å². The predicted octanol–water partition coefficient (Wildman–Crippen LogP) is 4.95. The van der Waals surface area contributed by atoms with E-state index in [1.54, 1.807) is 6.07 Å². The van der Waals surface area contributed by atoms with Gasteiger partial charge in [-0.3, -0.25) is 4.79 Å². The fourth-order valence-corrected chi connectivity index (χ4v) is 4.27. The number of benzene rings is 2. The van der Waals surface area contributed by atoms with Crippen molar-refractivity contribution in [2.75, 3.05) is 30.0 Å². The number of hydrogen-bond donors (Lipinski definition) is 1. The molecule has 1 N–H and O–H groups in total. The van der Waals surface area contributed by atoms with Crippen LogP contribution < -0.4 is 10.2 Å². The SMILES string of the molecule is O=C1N(CC2CC2)c2ccc(NCc3ccc(Cl)c(Cl)c3)cc2C12OCCCO2. The standard InChI is InChI=1S/C22H22Cl2N2O3/c23-18-6-4-15(10-19(18)24)12-25-16-5-7-20-17(11-16)22(28-8-1-9-29-22)21(27)26(20)13-14-2-3-14/h4-7,10-11,14,25H,1-3,8-9,12-13H2. The molecular formula is C22H22Cl2N2O3. The third kappa shape index (κ3) is 3.50. The first-order valence-corrected chi connectivity index (χ1v) is 10.7. The van der Waals surface area contributed by atoms with Crippen molar-refractivity contribution in [2.45, 2.75) is 31.6 Å². The second-order valence-corrected chi connectivity index (χ2v) is 8.67. The summed E-state index contributed by atoms with van der Waals surface area (Å²) in [6.07, 6.45) is 3.15. The van der Waals surface area contributed by atoms with Crippen LogP contribution in [0.5, 0.6) is 0 Å². The molecule has 29 heavy (non-hydrogen) atoms. The maximum atomic E-state index is 13.3. The Bertz CT molecular complexity index is 955. The smallest absolute Gasteiger partial charge is 0.292 e. The zero-order valence-corrected chi connectivity index (χ0v) is 17.4. The molecule has 2 heterocycles. The van der Waals surface area contributed by atoms with Gasteiger partial charge in [0.2, 0.25) is 0 Å². The molecule has 152 valence electrons. The van der Waals surface area contributed by atoms with Crippen molar-refractivity contribution in [3.8, 4) is 0 Å². The lowest BCUT2D eigenvalue weighted by Crippen LogP contribution is -2.47. The molecule has 1 saturated heterocycles. The quantitative estimate of drug-likeness (QED) is 0.725. The summed E-state index contributed by atoms with van der Waals surface area (Å²) in [4.78, 5) is 15.1. The number of ether oxygens (including phenoxy) is 2. The van der Waals surface area contributed by atoms with Gasteiger partial charge in [0.1, 0.15) is 0 Å². The molecule has 3 aliphatic rings. The molecule has 0 radical (unpaired) electrons. The first-order valence-electron chi connectivity index (χ1n) is 9.99. The summed E-state index contributed by atoms with van der Waals surface area (Å²) in [7, 11) is 0. The Morgan fingerprint density at radius 2 is 1.86 bits per heavy atom. The number of nitrogens with zero attached hydrogens (tertiary/aromatic N) is 1. The molecule has 1 saturated carbocycles. The van der Waals surface area contributed by atoms with E-state index in [4.69, 9.17) is 32.7 Å². The number of anilines is 2. The minimum Gasteiger partial charge on any atom is -0.381 e. The van der Waals surface area contributed by atoms with E-state index in [1.807, 2.05) is 35.2 Å². The molecule has 2 aliphatic heterocycles. The summed E-state index contributed by atoms with van der Waals surface area (Å²) in [6.45, 7) is 2.35. The van der Waals surface area contributed by atoms with Crippen molar-refractivity contribution >= 4 is 40.5 Å². The monoisotopic (exact) mass is 432 g/mol. The summed E-state index contributed by atoms with van der Waals surface area (Å²) in [5.74, 6) is -0.817. The van der Waals surface area contributed by atoms with Gasteiger partial charge in [-0.05, 0) is 61.1 Å². The van der Waals surface area contributed by atoms with Crippen molar-refractivity contribution < 1.29 is 14.3 Å². The van der Waals surface area contributed by atoms with Crippen LogP contribution in [0.1, 0.15) is 30.4 Å². The second kappa shape index (κ2) is 7.47. The molecule has 7 heteroatoms. The predicted molar refractivity (Wildman–Crippen MR) is 114 cm³/mol. The van der Waals surface area contributed by atoms with Crippen molar-refractivity contribution in [3.63, 3.8) is 0 Å². The van der Waals surface area contributed by atoms with Gasteiger partial charge in [0.05, 0.1) is 28.9 Å². The van der Waals surface area contributed by atoms with Crippen molar-refractivity contribution in [1.82, 2.24) is 0 Å². The van der Waals surface area contributed by atoms with E-state index in [2.05, 4.69) is 5.32 Å². The zero-order valence-electron chi connectivity index (χ0n) is 15.9. The third-order valence-corrected chi connectivity index (χ3v) is 6.43. The first kappa shape index (κ1) is 19.2. The van der Waals surface area contributed by atoms with Gasteiger partial charge in [-0.2, -0.15) is 0 Å². The Morgan fingerprint density at radius 1 is 1.07 bits per heavy atom. The highest BCUT2D eigenvalue weighted by molar-refractivity contribution is 6.42. The fraction of sp³-hybridized carbons (Fsp3) is 0.409. The van der Waals surface area contributed by atoms with E-state index in [-0.39, 0.29) is 5.91 Å². The van der Waals surface area contributed by atoms with Crippen LogP contribution in [-0.4, -0.2) is 25.7 Å². The number of halogens is 2. The van der Waals surface area contributed by atoms with E-state index < -0.39 is 5.79 Å². The Morgan fingerprint density at radius 3 is 2.59 bits per heavy atom. The highest BCUT2D eigenvalue weighted by atomic mass is 35.5. The van der Waals surface area contributed by atoms with Crippen LogP contribution in [0.3, 0.4) is 0 Å². The maximum absolute atomic E-state index is 13.3. The topological polar surface area (TPSA) is 50.8 Å². The molecule has 2 aromatic carbocycles. The molecular weight excluding hydrogens is 411 g/mol. The summed E-state index contributed by atoms with van der Waals surface area (Å²) < 4.78 is 11.9. The van der Waals surface area contributed by atoms with Crippen LogP contribution in [0.15, 0.2) is 36.4 Å². The Labute approximate surface area is 179 Å².